The molecule has 35 heavy (non-hydrogen) atoms. The van der Waals surface area contributed by atoms with Gasteiger partial charge in [0.1, 0.15) is 5.75 Å². The van der Waals surface area contributed by atoms with Crippen LogP contribution in [0.3, 0.4) is 0 Å². The molecule has 3 aromatic rings. The Bertz CT molecular complexity index is 1040. The van der Waals surface area contributed by atoms with Crippen LogP contribution in [0.5, 0.6) is 5.75 Å². The minimum Gasteiger partial charge on any atom is -0.496 e. The van der Waals surface area contributed by atoms with E-state index in [9.17, 15) is 0 Å². The summed E-state index contributed by atoms with van der Waals surface area (Å²) in [7, 11) is 1.79. The molecule has 1 N–H and O–H groups in total. The van der Waals surface area contributed by atoms with Gasteiger partial charge in [0, 0.05) is 30.1 Å². The summed E-state index contributed by atoms with van der Waals surface area (Å²) in [6.07, 6.45) is 3.72. The molecule has 3 aromatic carbocycles. The fraction of sp³-hybridized carbons (Fsp3) is 0.438. The van der Waals surface area contributed by atoms with Crippen LogP contribution in [0.15, 0.2) is 78.9 Å². The summed E-state index contributed by atoms with van der Waals surface area (Å²) in [5.74, 6) is 2.62. The Hall–Kier alpha value is -2.62. The molecule has 3 heteroatoms. The highest BCUT2D eigenvalue weighted by Crippen LogP contribution is 2.42. The third-order valence-corrected chi connectivity index (χ3v) is 8.54. The Balaban J connectivity index is 1.47. The lowest BCUT2D eigenvalue weighted by atomic mass is 9.70. The molecule has 3 fully saturated rings. The van der Waals surface area contributed by atoms with Crippen LogP contribution in [0.2, 0.25) is 0 Å². The molecule has 3 atom stereocenters. The number of benzene rings is 3. The van der Waals surface area contributed by atoms with Crippen molar-refractivity contribution in [2.75, 3.05) is 20.2 Å². The lowest BCUT2D eigenvalue weighted by molar-refractivity contribution is 0.00462. The molecule has 0 amide bonds. The number of ether oxygens (including phenoxy) is 1. The maximum absolute atomic E-state index is 5.78. The van der Waals surface area contributed by atoms with Gasteiger partial charge in [-0.25, -0.2) is 0 Å². The first-order valence-electron chi connectivity index (χ1n) is 13.4. The van der Waals surface area contributed by atoms with E-state index in [1.807, 2.05) is 0 Å². The number of rotatable bonds is 9. The molecule has 2 bridgehead atoms. The quantitative estimate of drug-likeness (QED) is 0.383. The van der Waals surface area contributed by atoms with Crippen molar-refractivity contribution >= 4 is 0 Å². The second-order valence-corrected chi connectivity index (χ2v) is 10.5. The number of nitrogens with zero attached hydrogens (tertiary/aromatic N) is 1. The molecule has 3 unspecified atom stereocenters. The van der Waals surface area contributed by atoms with Gasteiger partial charge in [-0.15, -0.1) is 0 Å². The number of nitrogens with one attached hydrogen (secondary N) is 1. The van der Waals surface area contributed by atoms with E-state index in [0.29, 0.717) is 29.8 Å². The Morgan fingerprint density at radius 3 is 2.09 bits per heavy atom. The lowest BCUT2D eigenvalue weighted by Gasteiger charge is -2.54. The summed E-state index contributed by atoms with van der Waals surface area (Å²) >= 11 is 0. The number of piperidine rings is 3. The molecule has 3 heterocycles. The van der Waals surface area contributed by atoms with Crippen LogP contribution in [-0.2, 0) is 6.54 Å². The summed E-state index contributed by atoms with van der Waals surface area (Å²) < 4.78 is 5.78. The van der Waals surface area contributed by atoms with Crippen LogP contribution in [0.4, 0.5) is 0 Å². The van der Waals surface area contributed by atoms with Crippen molar-refractivity contribution in [3.8, 4) is 5.75 Å². The van der Waals surface area contributed by atoms with Crippen LogP contribution in [0.1, 0.15) is 67.2 Å². The van der Waals surface area contributed by atoms with Gasteiger partial charge in [-0.1, -0.05) is 86.6 Å². The zero-order chi connectivity index (χ0) is 24.2. The fourth-order valence-electron chi connectivity index (χ4n) is 6.40. The van der Waals surface area contributed by atoms with Crippen LogP contribution >= 0.6 is 0 Å². The number of hydrogen-bond acceptors (Lipinski definition) is 3. The van der Waals surface area contributed by atoms with E-state index < -0.39 is 0 Å². The van der Waals surface area contributed by atoms with Crippen LogP contribution < -0.4 is 10.1 Å². The fourth-order valence-corrected chi connectivity index (χ4v) is 6.40. The van der Waals surface area contributed by atoms with Gasteiger partial charge in [-0.05, 0) is 66.9 Å². The first-order valence-corrected chi connectivity index (χ1v) is 13.4. The van der Waals surface area contributed by atoms with Gasteiger partial charge in [0.15, 0.2) is 0 Å². The molecule has 6 rings (SSSR count). The minimum atomic E-state index is 0.353. The average molecular weight is 469 g/mol. The monoisotopic (exact) mass is 468 g/mol. The third kappa shape index (κ3) is 5.03. The van der Waals surface area contributed by atoms with E-state index in [0.717, 1.165) is 18.7 Å². The molecule has 184 valence electrons. The van der Waals surface area contributed by atoms with Crippen molar-refractivity contribution in [3.63, 3.8) is 0 Å². The molecule has 3 aliphatic heterocycles. The SMILES string of the molecule is CCC(C)c1ccc(OC)c(CNC2C3CCN(CC3)C2C(c2ccccc2)c2ccccc2)c1. The maximum Gasteiger partial charge on any atom is 0.123 e. The highest BCUT2D eigenvalue weighted by atomic mass is 16.5. The van der Waals surface area contributed by atoms with Crippen molar-refractivity contribution in [1.29, 1.82) is 0 Å². The van der Waals surface area contributed by atoms with Gasteiger partial charge in [0.05, 0.1) is 7.11 Å². The first-order chi connectivity index (χ1) is 17.2. The van der Waals surface area contributed by atoms with Crippen molar-refractivity contribution in [2.45, 2.75) is 63.6 Å². The second kappa shape index (κ2) is 11.0. The van der Waals surface area contributed by atoms with E-state index in [1.165, 1.54) is 48.2 Å². The Labute approximate surface area is 211 Å². The highest BCUT2D eigenvalue weighted by molar-refractivity contribution is 5.39. The number of methoxy groups -OCH3 is 1. The summed E-state index contributed by atoms with van der Waals surface area (Å²) in [6, 6.07) is 29.9. The number of fused-ring (bicyclic) bond motifs is 3. The van der Waals surface area contributed by atoms with Gasteiger partial charge < -0.3 is 10.1 Å². The third-order valence-electron chi connectivity index (χ3n) is 8.54. The topological polar surface area (TPSA) is 24.5 Å². The van der Waals surface area contributed by atoms with Gasteiger partial charge in [0.2, 0.25) is 0 Å². The standard InChI is InChI=1S/C32H40N2O/c1-4-23(2)27-15-16-29(35-3)28(21-27)22-33-31-26-17-19-34(20-18-26)32(31)30(24-11-7-5-8-12-24)25-13-9-6-10-14-25/h5-16,21,23,26,30-33H,4,17-20,22H2,1-3H3. The minimum absolute atomic E-state index is 0.353. The van der Waals surface area contributed by atoms with Crippen molar-refractivity contribution < 1.29 is 4.74 Å². The van der Waals surface area contributed by atoms with E-state index in [2.05, 4.69) is 103 Å². The molecule has 3 nitrogen and oxygen atoms in total. The first kappa shape index (κ1) is 24.1. The van der Waals surface area contributed by atoms with Crippen LogP contribution in [0, 0.1) is 5.92 Å². The second-order valence-electron chi connectivity index (χ2n) is 10.5. The Morgan fingerprint density at radius 1 is 0.886 bits per heavy atom. The van der Waals surface area contributed by atoms with Gasteiger partial charge in [-0.3, -0.25) is 4.90 Å². The molecule has 0 aromatic heterocycles. The summed E-state index contributed by atoms with van der Waals surface area (Å²) in [6.45, 7) is 7.83. The molecule has 3 aliphatic rings. The highest BCUT2D eigenvalue weighted by Gasteiger charge is 2.46. The van der Waals surface area contributed by atoms with E-state index >= 15 is 0 Å². The van der Waals surface area contributed by atoms with Gasteiger partial charge >= 0.3 is 0 Å². The van der Waals surface area contributed by atoms with Crippen molar-refractivity contribution in [2.24, 2.45) is 5.92 Å². The lowest BCUT2D eigenvalue weighted by Crippen LogP contribution is -2.64. The zero-order valence-corrected chi connectivity index (χ0v) is 21.5. The maximum atomic E-state index is 5.78. The zero-order valence-electron chi connectivity index (χ0n) is 21.5. The summed E-state index contributed by atoms with van der Waals surface area (Å²) in [5.41, 5.74) is 5.51. The van der Waals surface area contributed by atoms with E-state index in [1.54, 1.807) is 7.11 Å². The summed E-state index contributed by atoms with van der Waals surface area (Å²) in [4.78, 5) is 2.76. The van der Waals surface area contributed by atoms with Crippen LogP contribution in [0.25, 0.3) is 0 Å². The van der Waals surface area contributed by atoms with E-state index in [4.69, 9.17) is 4.74 Å². The molecule has 3 saturated heterocycles. The van der Waals surface area contributed by atoms with Crippen LogP contribution in [-0.4, -0.2) is 37.2 Å². The Morgan fingerprint density at radius 2 is 1.51 bits per heavy atom. The van der Waals surface area contributed by atoms with Crippen molar-refractivity contribution in [3.05, 3.63) is 101 Å². The number of hydrogen-bond donors (Lipinski definition) is 1. The summed E-state index contributed by atoms with van der Waals surface area (Å²) in [5, 5.41) is 4.08. The van der Waals surface area contributed by atoms with Gasteiger partial charge in [0.25, 0.3) is 0 Å². The van der Waals surface area contributed by atoms with Gasteiger partial charge in [-0.2, -0.15) is 0 Å². The molecule has 0 radical (unpaired) electrons. The molecular weight excluding hydrogens is 428 g/mol. The molecular formula is C32H40N2O. The smallest absolute Gasteiger partial charge is 0.123 e. The van der Waals surface area contributed by atoms with E-state index in [-0.39, 0.29) is 0 Å². The molecule has 0 spiro atoms. The molecule has 0 aliphatic carbocycles. The normalized spacial score (nSPS) is 24.5. The largest absolute Gasteiger partial charge is 0.496 e. The molecule has 0 saturated carbocycles. The average Bonchev–Trinajstić information content (AvgIpc) is 2.93. The Kier molecular flexibility index (Phi) is 7.55. The predicted molar refractivity (Wildman–Crippen MR) is 145 cm³/mol. The predicted octanol–water partition coefficient (Wildman–Crippen LogP) is 6.59. The van der Waals surface area contributed by atoms with Crippen molar-refractivity contribution in [1.82, 2.24) is 10.2 Å².